The summed E-state index contributed by atoms with van der Waals surface area (Å²) in [5.41, 5.74) is 0.218. The molecule has 0 amide bonds. The highest BCUT2D eigenvalue weighted by Crippen LogP contribution is 2.18. The first-order valence-electron chi connectivity index (χ1n) is 5.00. The maximum absolute atomic E-state index is 11.4. The van der Waals surface area contributed by atoms with Gasteiger partial charge in [0.15, 0.2) is 6.29 Å². The summed E-state index contributed by atoms with van der Waals surface area (Å²) < 4.78 is 14.0. The van der Waals surface area contributed by atoms with Crippen molar-refractivity contribution in [3.63, 3.8) is 0 Å². The van der Waals surface area contributed by atoms with Gasteiger partial charge >= 0.3 is 11.9 Å². The van der Waals surface area contributed by atoms with Crippen LogP contribution in [-0.2, 0) is 19.1 Å². The number of methoxy groups -OCH3 is 2. The Morgan fingerprint density at radius 3 is 2.17 bits per heavy atom. The third-order valence-corrected chi connectivity index (χ3v) is 2.12. The molecule has 1 rings (SSSR count). The fraction of sp³-hybridized carbons (Fsp3) is 0.250. The lowest BCUT2D eigenvalue weighted by molar-refractivity contribution is -0.163. The molecule has 0 aliphatic heterocycles. The molecule has 6 heteroatoms. The number of ether oxygens (including phenoxy) is 3. The number of benzene rings is 1. The van der Waals surface area contributed by atoms with Crippen LogP contribution in [0, 0.1) is 0 Å². The molecule has 96 valence electrons. The van der Waals surface area contributed by atoms with Crippen LogP contribution in [0.3, 0.4) is 0 Å². The van der Waals surface area contributed by atoms with E-state index in [2.05, 4.69) is 9.47 Å². The van der Waals surface area contributed by atoms with Crippen molar-refractivity contribution in [2.75, 3.05) is 14.2 Å². The summed E-state index contributed by atoms with van der Waals surface area (Å²) in [7, 11) is 2.24. The molecule has 0 bridgehead atoms. The average Bonchev–Trinajstić information content (AvgIpc) is 2.43. The van der Waals surface area contributed by atoms with E-state index in [9.17, 15) is 14.4 Å². The van der Waals surface area contributed by atoms with Crippen LogP contribution in [0.5, 0.6) is 5.75 Å². The molecule has 0 radical (unpaired) electrons. The predicted molar refractivity (Wildman–Crippen MR) is 60.3 cm³/mol. The number of carbonyl (C=O) groups is 3. The van der Waals surface area contributed by atoms with E-state index < -0.39 is 18.0 Å². The molecule has 0 spiro atoms. The van der Waals surface area contributed by atoms with E-state index >= 15 is 0 Å². The second-order valence-electron chi connectivity index (χ2n) is 3.20. The molecule has 0 saturated heterocycles. The number of hydrogen-bond acceptors (Lipinski definition) is 6. The van der Waals surface area contributed by atoms with Gasteiger partial charge in [-0.1, -0.05) is 12.1 Å². The fourth-order valence-corrected chi connectivity index (χ4v) is 1.22. The smallest absolute Gasteiger partial charge is 0.359 e. The van der Waals surface area contributed by atoms with Crippen LogP contribution in [0.15, 0.2) is 24.3 Å². The van der Waals surface area contributed by atoms with Gasteiger partial charge in [0.25, 0.3) is 6.10 Å². The van der Waals surface area contributed by atoms with Crippen molar-refractivity contribution in [1.29, 1.82) is 0 Å². The monoisotopic (exact) mass is 252 g/mol. The lowest BCUT2D eigenvalue weighted by Crippen LogP contribution is -2.37. The number of esters is 2. The van der Waals surface area contributed by atoms with Crippen LogP contribution in [0.1, 0.15) is 10.4 Å². The van der Waals surface area contributed by atoms with E-state index in [0.29, 0.717) is 6.29 Å². The number of aldehydes is 1. The first-order chi connectivity index (χ1) is 8.63. The quantitative estimate of drug-likeness (QED) is 0.433. The molecule has 0 unspecified atom stereocenters. The van der Waals surface area contributed by atoms with E-state index in [1.54, 1.807) is 12.1 Å². The zero-order chi connectivity index (χ0) is 13.5. The van der Waals surface area contributed by atoms with Crippen molar-refractivity contribution in [1.82, 2.24) is 0 Å². The lowest BCUT2D eigenvalue weighted by Gasteiger charge is -2.15. The third-order valence-electron chi connectivity index (χ3n) is 2.12. The molecule has 0 N–H and O–H groups in total. The molecule has 18 heavy (non-hydrogen) atoms. The van der Waals surface area contributed by atoms with Crippen LogP contribution < -0.4 is 4.74 Å². The van der Waals surface area contributed by atoms with Gasteiger partial charge in [0.05, 0.1) is 19.8 Å². The summed E-state index contributed by atoms with van der Waals surface area (Å²) in [5, 5.41) is 0. The average molecular weight is 252 g/mol. The van der Waals surface area contributed by atoms with E-state index in [4.69, 9.17) is 4.74 Å². The summed E-state index contributed by atoms with van der Waals surface area (Å²) in [6.45, 7) is 0. The van der Waals surface area contributed by atoms with E-state index in [0.717, 1.165) is 14.2 Å². The third kappa shape index (κ3) is 3.07. The maximum Gasteiger partial charge on any atom is 0.359 e. The van der Waals surface area contributed by atoms with Crippen LogP contribution in [0.25, 0.3) is 0 Å². The predicted octanol–water partition coefficient (Wildman–Crippen LogP) is 0.592. The standard InChI is InChI=1S/C12H12O6/c1-16-11(14)10(12(15)17-2)18-9-6-4-3-5-8(9)7-13/h3-7,10H,1-2H3. The molecule has 0 aromatic heterocycles. The molecule has 0 saturated carbocycles. The van der Waals surface area contributed by atoms with Gasteiger partial charge in [-0.2, -0.15) is 0 Å². The highest BCUT2D eigenvalue weighted by molar-refractivity contribution is 5.98. The van der Waals surface area contributed by atoms with Gasteiger partial charge in [0.2, 0.25) is 0 Å². The number of hydrogen-bond donors (Lipinski definition) is 0. The minimum atomic E-state index is -1.55. The van der Waals surface area contributed by atoms with Crippen molar-refractivity contribution in [3.8, 4) is 5.75 Å². The van der Waals surface area contributed by atoms with E-state index in [-0.39, 0.29) is 11.3 Å². The van der Waals surface area contributed by atoms with Crippen LogP contribution >= 0.6 is 0 Å². The van der Waals surface area contributed by atoms with Crippen molar-refractivity contribution in [3.05, 3.63) is 29.8 Å². The van der Waals surface area contributed by atoms with Gasteiger partial charge in [0, 0.05) is 0 Å². The normalized spacial score (nSPS) is 9.72. The Bertz CT molecular complexity index is 438. The molecule has 1 aromatic rings. The molecule has 0 atom stereocenters. The Morgan fingerprint density at radius 1 is 1.11 bits per heavy atom. The minimum absolute atomic E-state index is 0.105. The Morgan fingerprint density at radius 2 is 1.67 bits per heavy atom. The zero-order valence-electron chi connectivity index (χ0n) is 9.91. The highest BCUT2D eigenvalue weighted by atomic mass is 16.6. The topological polar surface area (TPSA) is 78.9 Å². The van der Waals surface area contributed by atoms with E-state index in [1.807, 2.05) is 0 Å². The van der Waals surface area contributed by atoms with Crippen molar-refractivity contribution >= 4 is 18.2 Å². The zero-order valence-corrected chi connectivity index (χ0v) is 9.91. The maximum atomic E-state index is 11.4. The van der Waals surface area contributed by atoms with Crippen LogP contribution in [-0.4, -0.2) is 38.5 Å². The summed E-state index contributed by atoms with van der Waals surface area (Å²) in [6.07, 6.45) is -0.998. The second kappa shape index (κ2) is 6.39. The van der Waals surface area contributed by atoms with Gasteiger partial charge in [-0.15, -0.1) is 0 Å². The molecule has 1 aromatic carbocycles. The molecule has 0 aliphatic carbocycles. The molecule has 0 fully saturated rings. The number of rotatable bonds is 5. The Hall–Kier alpha value is -2.37. The molecule has 0 heterocycles. The summed E-state index contributed by atoms with van der Waals surface area (Å²) in [6, 6.07) is 6.19. The van der Waals surface area contributed by atoms with Crippen molar-refractivity contribution in [2.24, 2.45) is 0 Å². The molecule has 6 nitrogen and oxygen atoms in total. The van der Waals surface area contributed by atoms with Crippen molar-refractivity contribution < 1.29 is 28.6 Å². The minimum Gasteiger partial charge on any atom is -0.466 e. The first kappa shape index (κ1) is 13.7. The SMILES string of the molecule is COC(=O)C(Oc1ccccc1C=O)C(=O)OC. The Labute approximate surface area is 103 Å². The lowest BCUT2D eigenvalue weighted by atomic mass is 10.2. The van der Waals surface area contributed by atoms with Gasteiger partial charge in [-0.3, -0.25) is 4.79 Å². The van der Waals surface area contributed by atoms with Crippen molar-refractivity contribution in [2.45, 2.75) is 6.10 Å². The van der Waals surface area contributed by atoms with Gasteiger partial charge in [-0.05, 0) is 12.1 Å². The Balaban J connectivity index is 2.99. The summed E-state index contributed by atoms with van der Waals surface area (Å²) in [5.74, 6) is -1.70. The van der Waals surface area contributed by atoms with Crippen LogP contribution in [0.4, 0.5) is 0 Å². The number of para-hydroxylation sites is 1. The fourth-order valence-electron chi connectivity index (χ4n) is 1.22. The van der Waals surface area contributed by atoms with Gasteiger partial charge < -0.3 is 14.2 Å². The van der Waals surface area contributed by atoms with Gasteiger partial charge in [0.1, 0.15) is 5.75 Å². The highest BCUT2D eigenvalue weighted by Gasteiger charge is 2.31. The molecule has 0 aliphatic rings. The summed E-state index contributed by atoms with van der Waals surface area (Å²) >= 11 is 0. The van der Waals surface area contributed by atoms with Crippen LogP contribution in [0.2, 0.25) is 0 Å². The summed E-state index contributed by atoms with van der Waals surface area (Å²) in [4.78, 5) is 33.5. The first-order valence-corrected chi connectivity index (χ1v) is 5.00. The largest absolute Gasteiger partial charge is 0.466 e. The van der Waals surface area contributed by atoms with Gasteiger partial charge in [-0.25, -0.2) is 9.59 Å². The van der Waals surface area contributed by atoms with E-state index in [1.165, 1.54) is 12.1 Å². The number of carbonyl (C=O) groups excluding carboxylic acids is 3. The second-order valence-corrected chi connectivity index (χ2v) is 3.20. The molecular formula is C12H12O6. The molecular weight excluding hydrogens is 240 g/mol. The Kier molecular flexibility index (Phi) is 4.86.